The molecule has 114 valence electrons. The van der Waals surface area contributed by atoms with Crippen LogP contribution in [0.3, 0.4) is 0 Å². The molecule has 1 aliphatic heterocycles. The predicted octanol–water partition coefficient (Wildman–Crippen LogP) is 1.60. The number of rotatable bonds is 4. The van der Waals surface area contributed by atoms with E-state index in [1.807, 2.05) is 43.0 Å². The second kappa shape index (κ2) is 6.72. The Morgan fingerprint density at radius 3 is 2.57 bits per heavy atom. The highest BCUT2D eigenvalue weighted by Crippen LogP contribution is 2.20. The van der Waals surface area contributed by atoms with Crippen molar-refractivity contribution < 1.29 is 14.3 Å². The quantitative estimate of drug-likeness (QED) is 0.790. The van der Waals surface area contributed by atoms with E-state index in [9.17, 15) is 9.59 Å². The van der Waals surface area contributed by atoms with Gasteiger partial charge < -0.3 is 9.64 Å². The molecule has 1 atom stereocenters. The van der Waals surface area contributed by atoms with E-state index in [2.05, 4.69) is 0 Å². The van der Waals surface area contributed by atoms with Crippen LogP contribution in [0, 0.1) is 6.92 Å². The molecule has 0 radical (unpaired) electrons. The monoisotopic (exact) mass is 290 g/mol. The highest BCUT2D eigenvalue weighted by molar-refractivity contribution is 5.98. The SMILES string of the molecule is CCOC(=O)CN1CCN(c2ccc(C)cc2)C(=O)C1C. The van der Waals surface area contributed by atoms with Gasteiger partial charge in [-0.15, -0.1) is 0 Å². The molecule has 5 heteroatoms. The Morgan fingerprint density at radius 2 is 1.95 bits per heavy atom. The van der Waals surface area contributed by atoms with Crippen LogP contribution < -0.4 is 4.90 Å². The topological polar surface area (TPSA) is 49.9 Å². The summed E-state index contributed by atoms with van der Waals surface area (Å²) in [5.74, 6) is -0.254. The van der Waals surface area contributed by atoms with Crippen LogP contribution in [-0.4, -0.2) is 49.1 Å². The van der Waals surface area contributed by atoms with Crippen molar-refractivity contribution in [2.75, 3.05) is 31.1 Å². The van der Waals surface area contributed by atoms with Gasteiger partial charge in [0.1, 0.15) is 0 Å². The minimum Gasteiger partial charge on any atom is -0.465 e. The van der Waals surface area contributed by atoms with Gasteiger partial charge in [0.2, 0.25) is 5.91 Å². The molecular formula is C16H22N2O3. The number of carbonyl (C=O) groups excluding carboxylic acids is 2. The van der Waals surface area contributed by atoms with Crippen LogP contribution in [0.4, 0.5) is 5.69 Å². The second-order valence-electron chi connectivity index (χ2n) is 5.28. The lowest BCUT2D eigenvalue weighted by Gasteiger charge is -2.38. The number of esters is 1. The summed E-state index contributed by atoms with van der Waals surface area (Å²) in [5.41, 5.74) is 2.08. The zero-order valence-corrected chi connectivity index (χ0v) is 12.8. The van der Waals surface area contributed by atoms with Gasteiger partial charge in [0.25, 0.3) is 0 Å². The van der Waals surface area contributed by atoms with Crippen molar-refractivity contribution in [1.82, 2.24) is 4.90 Å². The lowest BCUT2D eigenvalue weighted by Crippen LogP contribution is -2.57. The normalized spacial score (nSPS) is 19.7. The number of anilines is 1. The maximum absolute atomic E-state index is 12.5. The van der Waals surface area contributed by atoms with Crippen LogP contribution in [0.5, 0.6) is 0 Å². The molecule has 5 nitrogen and oxygen atoms in total. The summed E-state index contributed by atoms with van der Waals surface area (Å²) >= 11 is 0. The van der Waals surface area contributed by atoms with E-state index >= 15 is 0 Å². The van der Waals surface area contributed by atoms with Crippen LogP contribution in [-0.2, 0) is 14.3 Å². The van der Waals surface area contributed by atoms with E-state index in [1.165, 1.54) is 5.56 Å². The van der Waals surface area contributed by atoms with Crippen molar-refractivity contribution in [3.63, 3.8) is 0 Å². The minimum absolute atomic E-state index is 0.0226. The molecule has 1 amide bonds. The number of piperazine rings is 1. The Kier molecular flexibility index (Phi) is 4.96. The summed E-state index contributed by atoms with van der Waals surface area (Å²) in [4.78, 5) is 27.7. The van der Waals surface area contributed by atoms with Gasteiger partial charge in [0.05, 0.1) is 19.2 Å². The standard InChI is InChI=1S/C16H22N2O3/c1-4-21-15(19)11-17-9-10-18(16(20)13(17)3)14-7-5-12(2)6-8-14/h5-8,13H,4,9-11H2,1-3H3. The number of amides is 1. The number of ether oxygens (including phenoxy) is 1. The highest BCUT2D eigenvalue weighted by atomic mass is 16.5. The fourth-order valence-corrected chi connectivity index (χ4v) is 2.48. The molecule has 0 spiro atoms. The fourth-order valence-electron chi connectivity index (χ4n) is 2.48. The molecule has 0 bridgehead atoms. The number of hydrogen-bond acceptors (Lipinski definition) is 4. The number of carbonyl (C=O) groups is 2. The maximum atomic E-state index is 12.5. The third-order valence-electron chi connectivity index (χ3n) is 3.77. The van der Waals surface area contributed by atoms with Crippen molar-refractivity contribution in [2.24, 2.45) is 0 Å². The van der Waals surface area contributed by atoms with Crippen molar-refractivity contribution in [3.05, 3.63) is 29.8 Å². The van der Waals surface area contributed by atoms with Crippen molar-refractivity contribution >= 4 is 17.6 Å². The molecule has 0 aliphatic carbocycles. The Labute approximate surface area is 125 Å². The number of aryl methyl sites for hydroxylation is 1. The molecule has 1 aromatic rings. The smallest absolute Gasteiger partial charge is 0.320 e. The lowest BCUT2D eigenvalue weighted by molar-refractivity contribution is -0.145. The van der Waals surface area contributed by atoms with E-state index in [4.69, 9.17) is 4.74 Å². The molecule has 1 fully saturated rings. The van der Waals surface area contributed by atoms with E-state index in [0.29, 0.717) is 19.7 Å². The number of hydrogen-bond donors (Lipinski definition) is 0. The van der Waals surface area contributed by atoms with E-state index in [-0.39, 0.29) is 24.5 Å². The molecule has 1 aliphatic rings. The zero-order chi connectivity index (χ0) is 15.4. The van der Waals surface area contributed by atoms with Gasteiger partial charge in [-0.05, 0) is 32.9 Å². The van der Waals surface area contributed by atoms with Crippen LogP contribution in [0.25, 0.3) is 0 Å². The van der Waals surface area contributed by atoms with Gasteiger partial charge in [-0.25, -0.2) is 0 Å². The number of nitrogens with zero attached hydrogens (tertiary/aromatic N) is 2. The van der Waals surface area contributed by atoms with Crippen LogP contribution in [0.2, 0.25) is 0 Å². The summed E-state index contributed by atoms with van der Waals surface area (Å²) in [5, 5.41) is 0. The Bertz CT molecular complexity index is 513. The third-order valence-corrected chi connectivity index (χ3v) is 3.77. The maximum Gasteiger partial charge on any atom is 0.320 e. The molecule has 1 unspecified atom stereocenters. The summed E-state index contributed by atoms with van der Waals surface area (Å²) in [6.07, 6.45) is 0. The van der Waals surface area contributed by atoms with Crippen LogP contribution in [0.15, 0.2) is 24.3 Å². The van der Waals surface area contributed by atoms with Gasteiger partial charge in [-0.3, -0.25) is 14.5 Å². The summed E-state index contributed by atoms with van der Waals surface area (Å²) in [6.45, 7) is 7.42. The molecule has 0 N–H and O–H groups in total. The first kappa shape index (κ1) is 15.5. The van der Waals surface area contributed by atoms with Crippen LogP contribution in [0.1, 0.15) is 19.4 Å². The molecular weight excluding hydrogens is 268 g/mol. The molecule has 1 heterocycles. The van der Waals surface area contributed by atoms with E-state index < -0.39 is 0 Å². The first-order valence-electron chi connectivity index (χ1n) is 7.30. The molecule has 1 saturated heterocycles. The first-order valence-corrected chi connectivity index (χ1v) is 7.30. The average Bonchev–Trinajstić information content (AvgIpc) is 2.46. The van der Waals surface area contributed by atoms with Crippen molar-refractivity contribution in [3.8, 4) is 0 Å². The van der Waals surface area contributed by atoms with Gasteiger partial charge >= 0.3 is 5.97 Å². The number of benzene rings is 1. The Morgan fingerprint density at radius 1 is 1.29 bits per heavy atom. The largest absolute Gasteiger partial charge is 0.465 e. The van der Waals surface area contributed by atoms with Gasteiger partial charge in [-0.2, -0.15) is 0 Å². The molecule has 1 aromatic carbocycles. The summed E-state index contributed by atoms with van der Waals surface area (Å²) in [7, 11) is 0. The molecule has 0 saturated carbocycles. The van der Waals surface area contributed by atoms with Gasteiger partial charge in [-0.1, -0.05) is 17.7 Å². The molecule has 2 rings (SSSR count). The zero-order valence-electron chi connectivity index (χ0n) is 12.8. The van der Waals surface area contributed by atoms with E-state index in [0.717, 1.165) is 5.69 Å². The summed E-state index contributed by atoms with van der Waals surface area (Å²) < 4.78 is 4.95. The predicted molar refractivity (Wildman–Crippen MR) is 81.2 cm³/mol. The van der Waals surface area contributed by atoms with E-state index in [1.54, 1.807) is 11.8 Å². The second-order valence-corrected chi connectivity index (χ2v) is 5.28. The molecule has 0 aromatic heterocycles. The minimum atomic E-state index is -0.315. The Hall–Kier alpha value is -1.88. The molecule has 21 heavy (non-hydrogen) atoms. The van der Waals surface area contributed by atoms with Crippen molar-refractivity contribution in [1.29, 1.82) is 0 Å². The van der Waals surface area contributed by atoms with Gasteiger partial charge in [0, 0.05) is 18.8 Å². The van der Waals surface area contributed by atoms with Crippen molar-refractivity contribution in [2.45, 2.75) is 26.8 Å². The highest BCUT2D eigenvalue weighted by Gasteiger charge is 2.33. The first-order chi connectivity index (χ1) is 10.0. The lowest BCUT2D eigenvalue weighted by atomic mass is 10.1. The average molecular weight is 290 g/mol. The summed E-state index contributed by atoms with van der Waals surface area (Å²) in [6, 6.07) is 7.60. The van der Waals surface area contributed by atoms with Crippen LogP contribution >= 0.6 is 0 Å². The van der Waals surface area contributed by atoms with Gasteiger partial charge in [0.15, 0.2) is 0 Å². The fraction of sp³-hybridized carbons (Fsp3) is 0.500. The third kappa shape index (κ3) is 3.61. The Balaban J connectivity index is 2.04.